The summed E-state index contributed by atoms with van der Waals surface area (Å²) in [6, 6.07) is 8.68. The van der Waals surface area contributed by atoms with Crippen LogP contribution in [0.1, 0.15) is 25.0 Å². The number of rotatable bonds is 3. The fourth-order valence-electron chi connectivity index (χ4n) is 3.23. The summed E-state index contributed by atoms with van der Waals surface area (Å²) >= 11 is 0. The molecule has 3 rings (SSSR count). The van der Waals surface area contributed by atoms with Crippen LogP contribution >= 0.6 is 0 Å². The first-order valence-electron chi connectivity index (χ1n) is 7.42. The third-order valence-corrected chi connectivity index (χ3v) is 4.17. The summed E-state index contributed by atoms with van der Waals surface area (Å²) in [6.45, 7) is 7.39. The van der Waals surface area contributed by atoms with E-state index in [1.54, 1.807) is 0 Å². The molecule has 110 valence electrons. The molecule has 0 aliphatic carbocycles. The topological polar surface area (TPSA) is 47.7 Å². The van der Waals surface area contributed by atoms with E-state index in [9.17, 15) is 0 Å². The van der Waals surface area contributed by atoms with Crippen molar-refractivity contribution in [1.29, 1.82) is 0 Å². The Balaban J connectivity index is 1.65. The van der Waals surface area contributed by atoms with E-state index < -0.39 is 5.79 Å². The zero-order valence-corrected chi connectivity index (χ0v) is 12.3. The van der Waals surface area contributed by atoms with Crippen LogP contribution in [0.25, 0.3) is 0 Å². The van der Waals surface area contributed by atoms with Gasteiger partial charge in [-0.3, -0.25) is 4.90 Å². The molecule has 20 heavy (non-hydrogen) atoms. The minimum atomic E-state index is -0.512. The van der Waals surface area contributed by atoms with Gasteiger partial charge in [0, 0.05) is 26.2 Å². The van der Waals surface area contributed by atoms with E-state index in [1.807, 2.05) is 13.8 Å². The van der Waals surface area contributed by atoms with Crippen LogP contribution in [-0.4, -0.2) is 42.5 Å². The molecule has 0 unspecified atom stereocenters. The lowest BCUT2D eigenvalue weighted by Crippen LogP contribution is -2.42. The summed E-state index contributed by atoms with van der Waals surface area (Å²) < 4.78 is 11.8. The minimum Gasteiger partial charge on any atom is -0.343 e. The van der Waals surface area contributed by atoms with Crippen LogP contribution in [-0.2, 0) is 22.4 Å². The Morgan fingerprint density at radius 3 is 2.65 bits per heavy atom. The second-order valence-corrected chi connectivity index (χ2v) is 6.20. The van der Waals surface area contributed by atoms with Gasteiger partial charge in [-0.05, 0) is 31.4 Å². The van der Waals surface area contributed by atoms with Crippen molar-refractivity contribution in [1.82, 2.24) is 4.90 Å². The van der Waals surface area contributed by atoms with Gasteiger partial charge >= 0.3 is 0 Å². The van der Waals surface area contributed by atoms with Crippen molar-refractivity contribution in [2.24, 2.45) is 5.73 Å². The molecule has 2 atom stereocenters. The van der Waals surface area contributed by atoms with Gasteiger partial charge in [0.05, 0.1) is 0 Å². The third kappa shape index (κ3) is 2.88. The Kier molecular flexibility index (Phi) is 3.82. The van der Waals surface area contributed by atoms with Gasteiger partial charge in [-0.1, -0.05) is 24.3 Å². The first-order chi connectivity index (χ1) is 9.57. The van der Waals surface area contributed by atoms with E-state index in [0.29, 0.717) is 6.54 Å². The largest absolute Gasteiger partial charge is 0.343 e. The predicted molar refractivity (Wildman–Crippen MR) is 78.3 cm³/mol. The molecular formula is C16H24N2O2. The first kappa shape index (κ1) is 14.0. The maximum absolute atomic E-state index is 6.00. The van der Waals surface area contributed by atoms with Gasteiger partial charge in [0.25, 0.3) is 0 Å². The standard InChI is InChI=1S/C16H24N2O2/c1-16(2)19-14(9-17)15(20-16)11-18-8-7-12-5-3-4-6-13(12)10-18/h3-6,14-15H,7-11,17H2,1-2H3/t14-,15-/m0/s1. The molecule has 1 aromatic carbocycles. The van der Waals surface area contributed by atoms with Crippen LogP contribution in [0.3, 0.4) is 0 Å². The molecule has 2 heterocycles. The van der Waals surface area contributed by atoms with Crippen LogP contribution in [0, 0.1) is 0 Å². The molecule has 1 saturated heterocycles. The average Bonchev–Trinajstić information content (AvgIpc) is 2.73. The Bertz CT molecular complexity index is 475. The fourth-order valence-corrected chi connectivity index (χ4v) is 3.23. The normalized spacial score (nSPS) is 29.4. The molecule has 0 saturated carbocycles. The van der Waals surface area contributed by atoms with Gasteiger partial charge in [-0.25, -0.2) is 0 Å². The van der Waals surface area contributed by atoms with Gasteiger partial charge in [0.1, 0.15) is 12.2 Å². The number of hydrogen-bond donors (Lipinski definition) is 1. The molecule has 0 aromatic heterocycles. The van der Waals surface area contributed by atoms with E-state index in [-0.39, 0.29) is 12.2 Å². The van der Waals surface area contributed by atoms with Crippen LogP contribution in [0.15, 0.2) is 24.3 Å². The average molecular weight is 276 g/mol. The van der Waals surface area contributed by atoms with Gasteiger partial charge < -0.3 is 15.2 Å². The van der Waals surface area contributed by atoms with Crippen molar-refractivity contribution in [3.8, 4) is 0 Å². The van der Waals surface area contributed by atoms with Gasteiger partial charge in [-0.15, -0.1) is 0 Å². The van der Waals surface area contributed by atoms with E-state index >= 15 is 0 Å². The summed E-state index contributed by atoms with van der Waals surface area (Å²) in [4.78, 5) is 2.44. The van der Waals surface area contributed by atoms with Crippen molar-refractivity contribution in [3.05, 3.63) is 35.4 Å². The number of nitrogens with two attached hydrogens (primary N) is 1. The lowest BCUT2D eigenvalue weighted by molar-refractivity contribution is -0.147. The lowest BCUT2D eigenvalue weighted by atomic mass is 9.99. The first-order valence-corrected chi connectivity index (χ1v) is 7.42. The summed E-state index contributed by atoms with van der Waals surface area (Å²) in [5.41, 5.74) is 8.71. The summed E-state index contributed by atoms with van der Waals surface area (Å²) in [5, 5.41) is 0. The molecular weight excluding hydrogens is 252 g/mol. The maximum Gasteiger partial charge on any atom is 0.163 e. The number of fused-ring (bicyclic) bond motifs is 1. The molecule has 2 aliphatic heterocycles. The highest BCUT2D eigenvalue weighted by Crippen LogP contribution is 2.29. The number of hydrogen-bond acceptors (Lipinski definition) is 4. The molecule has 4 heteroatoms. The SMILES string of the molecule is CC1(C)O[C@@H](CN)[C@H](CN2CCc3ccccc3C2)O1. The molecule has 0 bridgehead atoms. The Hall–Kier alpha value is -0.940. The molecule has 2 N–H and O–H groups in total. The molecule has 0 amide bonds. The van der Waals surface area contributed by atoms with Crippen molar-refractivity contribution in [3.63, 3.8) is 0 Å². The van der Waals surface area contributed by atoms with Gasteiger partial charge in [0.15, 0.2) is 5.79 Å². The molecule has 1 aromatic rings. The predicted octanol–water partition coefficient (Wildman–Crippen LogP) is 1.52. The van der Waals surface area contributed by atoms with Crippen LogP contribution in [0.5, 0.6) is 0 Å². The molecule has 4 nitrogen and oxygen atoms in total. The Morgan fingerprint density at radius 2 is 1.90 bits per heavy atom. The van der Waals surface area contributed by atoms with Crippen LogP contribution in [0.2, 0.25) is 0 Å². The zero-order valence-electron chi connectivity index (χ0n) is 12.3. The second kappa shape index (κ2) is 5.45. The van der Waals surface area contributed by atoms with Gasteiger partial charge in [-0.2, -0.15) is 0 Å². The number of ether oxygens (including phenoxy) is 2. The summed E-state index contributed by atoms with van der Waals surface area (Å²) in [5.74, 6) is -0.512. The second-order valence-electron chi connectivity index (χ2n) is 6.20. The molecule has 0 radical (unpaired) electrons. The van der Waals surface area contributed by atoms with Crippen molar-refractivity contribution in [2.75, 3.05) is 19.6 Å². The lowest BCUT2D eigenvalue weighted by Gasteiger charge is -2.31. The highest BCUT2D eigenvalue weighted by Gasteiger charge is 2.41. The van der Waals surface area contributed by atoms with E-state index in [1.165, 1.54) is 11.1 Å². The molecule has 2 aliphatic rings. The van der Waals surface area contributed by atoms with E-state index in [4.69, 9.17) is 15.2 Å². The van der Waals surface area contributed by atoms with Crippen LogP contribution < -0.4 is 5.73 Å². The quantitative estimate of drug-likeness (QED) is 0.909. The highest BCUT2D eigenvalue weighted by atomic mass is 16.8. The Morgan fingerprint density at radius 1 is 1.20 bits per heavy atom. The summed E-state index contributed by atoms with van der Waals surface area (Å²) in [7, 11) is 0. The van der Waals surface area contributed by atoms with Crippen LogP contribution in [0.4, 0.5) is 0 Å². The molecule has 1 fully saturated rings. The third-order valence-electron chi connectivity index (χ3n) is 4.17. The zero-order chi connectivity index (χ0) is 14.2. The fraction of sp³-hybridized carbons (Fsp3) is 0.625. The maximum atomic E-state index is 6.00. The van der Waals surface area contributed by atoms with Gasteiger partial charge in [0.2, 0.25) is 0 Å². The van der Waals surface area contributed by atoms with E-state index in [2.05, 4.69) is 29.2 Å². The smallest absolute Gasteiger partial charge is 0.163 e. The van der Waals surface area contributed by atoms with Crippen molar-refractivity contribution >= 4 is 0 Å². The molecule has 0 spiro atoms. The minimum absolute atomic E-state index is 0.00201. The Labute approximate surface area is 120 Å². The monoisotopic (exact) mass is 276 g/mol. The van der Waals surface area contributed by atoms with Crippen molar-refractivity contribution < 1.29 is 9.47 Å². The summed E-state index contributed by atoms with van der Waals surface area (Å²) in [6.07, 6.45) is 1.18. The highest BCUT2D eigenvalue weighted by molar-refractivity contribution is 5.29. The van der Waals surface area contributed by atoms with E-state index in [0.717, 1.165) is 26.1 Å². The number of benzene rings is 1. The van der Waals surface area contributed by atoms with Crippen molar-refractivity contribution in [2.45, 2.75) is 44.8 Å². The number of nitrogens with zero attached hydrogens (tertiary/aromatic N) is 1.